The van der Waals surface area contributed by atoms with E-state index in [1.54, 1.807) is 0 Å². The molecule has 1 aromatic heterocycles. The van der Waals surface area contributed by atoms with E-state index in [1.165, 1.54) is 5.56 Å². The van der Waals surface area contributed by atoms with E-state index in [2.05, 4.69) is 57.2 Å². The molecule has 0 N–H and O–H groups in total. The molecule has 2 aromatic carbocycles. The van der Waals surface area contributed by atoms with E-state index >= 15 is 0 Å². The van der Waals surface area contributed by atoms with Gasteiger partial charge in [-0.25, -0.2) is 4.68 Å². The molecule has 2 nitrogen and oxygen atoms in total. The molecule has 0 radical (unpaired) electrons. The summed E-state index contributed by atoms with van der Waals surface area (Å²) in [7, 11) is 0. The second kappa shape index (κ2) is 6.59. The lowest BCUT2D eigenvalue weighted by molar-refractivity contribution is 0.628. The van der Waals surface area contributed by atoms with Crippen molar-refractivity contribution in [2.45, 2.75) is 27.2 Å². The minimum atomic E-state index is 0.512. The fraction of sp³-hybridized carbons (Fsp3) is 0.250. The smallest absolute Gasteiger partial charge is 0.0930 e. The van der Waals surface area contributed by atoms with Crippen LogP contribution in [0, 0.1) is 12.8 Å². The van der Waals surface area contributed by atoms with Crippen molar-refractivity contribution in [2.24, 2.45) is 5.92 Å². The second-order valence-electron chi connectivity index (χ2n) is 6.32. The second-order valence-corrected chi connectivity index (χ2v) is 6.70. The summed E-state index contributed by atoms with van der Waals surface area (Å²) >= 11 is 6.71. The molecule has 0 aliphatic heterocycles. The summed E-state index contributed by atoms with van der Waals surface area (Å²) in [6, 6.07) is 18.6. The molecule has 118 valence electrons. The van der Waals surface area contributed by atoms with Crippen LogP contribution in [0.25, 0.3) is 16.9 Å². The van der Waals surface area contributed by atoms with Gasteiger partial charge < -0.3 is 0 Å². The minimum Gasteiger partial charge on any atom is -0.231 e. The van der Waals surface area contributed by atoms with Gasteiger partial charge in [0.2, 0.25) is 0 Å². The van der Waals surface area contributed by atoms with Crippen LogP contribution in [0.4, 0.5) is 0 Å². The van der Waals surface area contributed by atoms with Gasteiger partial charge in [0.1, 0.15) is 0 Å². The topological polar surface area (TPSA) is 17.8 Å². The average Bonchev–Trinajstić information content (AvgIpc) is 2.85. The van der Waals surface area contributed by atoms with Crippen LogP contribution >= 0.6 is 11.6 Å². The predicted molar refractivity (Wildman–Crippen MR) is 97.3 cm³/mol. The number of benzene rings is 2. The standard InChI is InChI=1S/C20H21ClN2/c1-14(2)13-18-19(21)20(16-7-5-4-6-8-16)23(22-18)17-11-9-15(3)10-12-17/h4-12,14H,13H2,1-3H3. The molecular weight excluding hydrogens is 304 g/mol. The summed E-state index contributed by atoms with van der Waals surface area (Å²) in [5.74, 6) is 0.512. The third kappa shape index (κ3) is 3.32. The quantitative estimate of drug-likeness (QED) is 0.602. The number of rotatable bonds is 4. The molecule has 3 aromatic rings. The van der Waals surface area contributed by atoms with Crippen LogP contribution in [0.15, 0.2) is 54.6 Å². The molecule has 0 bridgehead atoms. The van der Waals surface area contributed by atoms with Gasteiger partial charge in [0.05, 0.1) is 22.1 Å². The maximum Gasteiger partial charge on any atom is 0.0930 e. The van der Waals surface area contributed by atoms with Crippen molar-refractivity contribution in [3.05, 3.63) is 70.9 Å². The molecule has 0 amide bonds. The zero-order chi connectivity index (χ0) is 16.4. The number of hydrogen-bond acceptors (Lipinski definition) is 1. The van der Waals surface area contributed by atoms with Gasteiger partial charge in [-0.1, -0.05) is 73.5 Å². The zero-order valence-corrected chi connectivity index (χ0v) is 14.5. The van der Waals surface area contributed by atoms with Crippen LogP contribution in [0.3, 0.4) is 0 Å². The average molecular weight is 325 g/mol. The van der Waals surface area contributed by atoms with Gasteiger partial charge in [0.15, 0.2) is 0 Å². The number of hydrogen-bond donors (Lipinski definition) is 0. The summed E-state index contributed by atoms with van der Waals surface area (Å²) in [6.07, 6.45) is 0.873. The number of aromatic nitrogens is 2. The summed E-state index contributed by atoms with van der Waals surface area (Å²) in [6.45, 7) is 6.45. The predicted octanol–water partition coefficient (Wildman–Crippen LogP) is 5.70. The van der Waals surface area contributed by atoms with Crippen molar-refractivity contribution < 1.29 is 0 Å². The van der Waals surface area contributed by atoms with Gasteiger partial charge in [-0.05, 0) is 31.4 Å². The molecule has 0 saturated heterocycles. The van der Waals surface area contributed by atoms with Crippen LogP contribution in [-0.2, 0) is 6.42 Å². The summed E-state index contributed by atoms with van der Waals surface area (Å²) in [4.78, 5) is 0. The fourth-order valence-corrected chi connectivity index (χ4v) is 2.98. The summed E-state index contributed by atoms with van der Waals surface area (Å²) < 4.78 is 1.97. The highest BCUT2D eigenvalue weighted by molar-refractivity contribution is 6.33. The van der Waals surface area contributed by atoms with Gasteiger partial charge in [-0.15, -0.1) is 0 Å². The van der Waals surface area contributed by atoms with E-state index in [0.717, 1.165) is 34.1 Å². The van der Waals surface area contributed by atoms with Crippen LogP contribution in [0.1, 0.15) is 25.1 Å². The van der Waals surface area contributed by atoms with E-state index in [1.807, 2.05) is 22.9 Å². The fourth-order valence-electron chi connectivity index (χ4n) is 2.68. The van der Waals surface area contributed by atoms with Gasteiger partial charge in [-0.2, -0.15) is 5.10 Å². The Hall–Kier alpha value is -2.06. The molecule has 0 aliphatic rings. The Morgan fingerprint density at radius 1 is 1.00 bits per heavy atom. The van der Waals surface area contributed by atoms with Crippen molar-refractivity contribution in [1.82, 2.24) is 9.78 Å². The van der Waals surface area contributed by atoms with E-state index < -0.39 is 0 Å². The van der Waals surface area contributed by atoms with Crippen molar-refractivity contribution in [2.75, 3.05) is 0 Å². The molecule has 1 heterocycles. The van der Waals surface area contributed by atoms with Gasteiger partial charge in [-0.3, -0.25) is 0 Å². The lowest BCUT2D eigenvalue weighted by Gasteiger charge is -2.08. The molecule has 0 aliphatic carbocycles. The first-order chi connectivity index (χ1) is 11.1. The van der Waals surface area contributed by atoms with Crippen LogP contribution in [0.2, 0.25) is 5.02 Å². The Labute approximate surface area is 142 Å². The Morgan fingerprint density at radius 3 is 2.26 bits per heavy atom. The zero-order valence-electron chi connectivity index (χ0n) is 13.8. The van der Waals surface area contributed by atoms with E-state index in [4.69, 9.17) is 16.7 Å². The van der Waals surface area contributed by atoms with Crippen molar-refractivity contribution in [3.8, 4) is 16.9 Å². The first kappa shape index (κ1) is 15.8. The largest absolute Gasteiger partial charge is 0.231 e. The molecule has 0 atom stereocenters. The monoisotopic (exact) mass is 324 g/mol. The van der Waals surface area contributed by atoms with E-state index in [-0.39, 0.29) is 0 Å². The van der Waals surface area contributed by atoms with Gasteiger partial charge in [0.25, 0.3) is 0 Å². The highest BCUT2D eigenvalue weighted by Gasteiger charge is 2.19. The first-order valence-electron chi connectivity index (χ1n) is 7.96. The lowest BCUT2D eigenvalue weighted by Crippen LogP contribution is -2.01. The Bertz CT molecular complexity index is 787. The highest BCUT2D eigenvalue weighted by atomic mass is 35.5. The number of nitrogens with zero attached hydrogens (tertiary/aromatic N) is 2. The van der Waals surface area contributed by atoms with Gasteiger partial charge in [0, 0.05) is 5.56 Å². The van der Waals surface area contributed by atoms with Crippen molar-refractivity contribution in [1.29, 1.82) is 0 Å². The Kier molecular flexibility index (Phi) is 4.53. The van der Waals surface area contributed by atoms with Crippen LogP contribution in [-0.4, -0.2) is 9.78 Å². The highest BCUT2D eigenvalue weighted by Crippen LogP contribution is 2.34. The van der Waals surface area contributed by atoms with Crippen LogP contribution in [0.5, 0.6) is 0 Å². The first-order valence-corrected chi connectivity index (χ1v) is 8.34. The van der Waals surface area contributed by atoms with Crippen LogP contribution < -0.4 is 0 Å². The van der Waals surface area contributed by atoms with Crippen molar-refractivity contribution in [3.63, 3.8) is 0 Å². The van der Waals surface area contributed by atoms with Crippen molar-refractivity contribution >= 4 is 11.6 Å². The Balaban J connectivity index is 2.19. The Morgan fingerprint density at radius 2 is 1.65 bits per heavy atom. The third-order valence-corrected chi connectivity index (χ3v) is 4.22. The third-order valence-electron chi connectivity index (χ3n) is 3.82. The molecule has 3 heteroatoms. The maximum absolute atomic E-state index is 6.71. The molecule has 23 heavy (non-hydrogen) atoms. The molecule has 0 unspecified atom stereocenters. The SMILES string of the molecule is Cc1ccc(-n2nc(CC(C)C)c(Cl)c2-c2ccccc2)cc1. The molecular formula is C20H21ClN2. The normalized spacial score (nSPS) is 11.2. The van der Waals surface area contributed by atoms with E-state index in [0.29, 0.717) is 5.92 Å². The summed E-state index contributed by atoms with van der Waals surface area (Å²) in [5, 5.41) is 5.57. The maximum atomic E-state index is 6.71. The molecule has 0 fully saturated rings. The van der Waals surface area contributed by atoms with E-state index in [9.17, 15) is 0 Å². The summed E-state index contributed by atoms with van der Waals surface area (Å²) in [5.41, 5.74) is 5.27. The lowest BCUT2D eigenvalue weighted by atomic mass is 10.1. The minimum absolute atomic E-state index is 0.512. The number of aryl methyl sites for hydroxylation is 1. The molecule has 0 saturated carbocycles. The molecule has 3 rings (SSSR count). The number of halogens is 1. The van der Waals surface area contributed by atoms with Gasteiger partial charge >= 0.3 is 0 Å². The molecule has 0 spiro atoms.